The van der Waals surface area contributed by atoms with E-state index in [1.54, 1.807) is 11.3 Å². The lowest BCUT2D eigenvalue weighted by Crippen LogP contribution is -2.26. The minimum absolute atomic E-state index is 0.396. The molecule has 1 unspecified atom stereocenters. The van der Waals surface area contributed by atoms with Crippen molar-refractivity contribution in [1.82, 2.24) is 5.32 Å². The van der Waals surface area contributed by atoms with Crippen LogP contribution in [0.2, 0.25) is 5.02 Å². The van der Waals surface area contributed by atoms with Crippen molar-refractivity contribution in [2.24, 2.45) is 5.92 Å². The van der Waals surface area contributed by atoms with Gasteiger partial charge in [-0.25, -0.2) is 0 Å². The van der Waals surface area contributed by atoms with Crippen LogP contribution in [0.1, 0.15) is 30.2 Å². The van der Waals surface area contributed by atoms with E-state index in [4.69, 9.17) is 11.6 Å². The van der Waals surface area contributed by atoms with E-state index >= 15 is 0 Å². The molecule has 0 radical (unpaired) electrons. The van der Waals surface area contributed by atoms with Crippen molar-refractivity contribution in [2.45, 2.75) is 26.2 Å². The van der Waals surface area contributed by atoms with Crippen LogP contribution in [-0.2, 0) is 6.42 Å². The van der Waals surface area contributed by atoms with Gasteiger partial charge in [0.2, 0.25) is 0 Å². The van der Waals surface area contributed by atoms with Gasteiger partial charge in [-0.05, 0) is 57.9 Å². The summed E-state index contributed by atoms with van der Waals surface area (Å²) in [7, 11) is 0. The molecule has 0 spiro atoms. The van der Waals surface area contributed by atoms with Crippen LogP contribution in [0.4, 0.5) is 0 Å². The first kappa shape index (κ1) is 17.0. The van der Waals surface area contributed by atoms with Gasteiger partial charge in [0.25, 0.3) is 0 Å². The summed E-state index contributed by atoms with van der Waals surface area (Å²) in [5.41, 5.74) is 1.23. The molecule has 0 aliphatic heterocycles. The summed E-state index contributed by atoms with van der Waals surface area (Å²) < 4.78 is 1.20. The summed E-state index contributed by atoms with van der Waals surface area (Å²) in [6.07, 6.45) is 1.01. The third-order valence-corrected chi connectivity index (χ3v) is 5.70. The van der Waals surface area contributed by atoms with Crippen LogP contribution in [0.15, 0.2) is 40.2 Å². The molecule has 1 aromatic carbocycles. The number of hydrogen-bond donors (Lipinski definition) is 1. The molecule has 0 saturated carbocycles. The molecule has 2 aromatic rings. The molecule has 4 heteroatoms. The highest BCUT2D eigenvalue weighted by Gasteiger charge is 2.17. The Morgan fingerprint density at radius 3 is 2.57 bits per heavy atom. The fourth-order valence-corrected chi connectivity index (χ4v) is 4.22. The molecule has 0 bridgehead atoms. The lowest BCUT2D eigenvalue weighted by atomic mass is 9.94. The molecule has 0 fully saturated rings. The standard InChI is InChI=1S/C17H21BrClNS/c1-12(2)10-20-11-13(9-17-15(18)7-8-21-17)14-5-3-4-6-16(14)19/h3-8,12-13,20H,9-11H2,1-2H3. The first-order chi connectivity index (χ1) is 10.1. The molecular formula is C17H21BrClNS. The molecule has 21 heavy (non-hydrogen) atoms. The lowest BCUT2D eigenvalue weighted by Gasteiger charge is -2.20. The number of nitrogens with one attached hydrogen (secondary N) is 1. The number of benzene rings is 1. The van der Waals surface area contributed by atoms with E-state index < -0.39 is 0 Å². The average molecular weight is 387 g/mol. The summed E-state index contributed by atoms with van der Waals surface area (Å²) in [5.74, 6) is 1.05. The number of thiophene rings is 1. The summed E-state index contributed by atoms with van der Waals surface area (Å²) in [4.78, 5) is 1.38. The molecule has 1 atom stereocenters. The van der Waals surface area contributed by atoms with Crippen LogP contribution in [0.3, 0.4) is 0 Å². The Morgan fingerprint density at radius 1 is 1.19 bits per heavy atom. The predicted octanol–water partition coefficient (Wildman–Crippen LogP) is 5.74. The largest absolute Gasteiger partial charge is 0.316 e. The number of rotatable bonds is 7. The predicted molar refractivity (Wildman–Crippen MR) is 97.6 cm³/mol. The third-order valence-electron chi connectivity index (χ3n) is 3.41. The van der Waals surface area contributed by atoms with Crippen LogP contribution in [0.25, 0.3) is 0 Å². The minimum Gasteiger partial charge on any atom is -0.316 e. The average Bonchev–Trinajstić information content (AvgIpc) is 2.83. The van der Waals surface area contributed by atoms with E-state index in [2.05, 4.69) is 58.7 Å². The highest BCUT2D eigenvalue weighted by molar-refractivity contribution is 9.10. The van der Waals surface area contributed by atoms with Crippen molar-refractivity contribution in [3.8, 4) is 0 Å². The molecule has 1 nitrogen and oxygen atoms in total. The molecule has 0 saturated heterocycles. The van der Waals surface area contributed by atoms with Crippen molar-refractivity contribution < 1.29 is 0 Å². The van der Waals surface area contributed by atoms with Gasteiger partial charge in [0.1, 0.15) is 0 Å². The Labute approximate surface area is 144 Å². The van der Waals surface area contributed by atoms with Crippen molar-refractivity contribution in [1.29, 1.82) is 0 Å². The van der Waals surface area contributed by atoms with E-state index in [-0.39, 0.29) is 0 Å². The molecule has 0 aliphatic rings. The Balaban J connectivity index is 2.14. The van der Waals surface area contributed by atoms with Crippen LogP contribution in [0, 0.1) is 5.92 Å². The second-order valence-corrected chi connectivity index (χ2v) is 7.93. The van der Waals surface area contributed by atoms with Gasteiger partial charge < -0.3 is 5.32 Å². The van der Waals surface area contributed by atoms with Gasteiger partial charge in [-0.15, -0.1) is 11.3 Å². The van der Waals surface area contributed by atoms with E-state index in [1.807, 2.05) is 12.1 Å². The zero-order chi connectivity index (χ0) is 15.2. The third kappa shape index (κ3) is 5.10. The Kier molecular flexibility index (Phi) is 6.74. The summed E-state index contributed by atoms with van der Waals surface area (Å²) in [5, 5.41) is 6.57. The fourth-order valence-electron chi connectivity index (χ4n) is 2.34. The smallest absolute Gasteiger partial charge is 0.0441 e. The summed E-state index contributed by atoms with van der Waals surface area (Å²) in [6, 6.07) is 10.3. The first-order valence-electron chi connectivity index (χ1n) is 7.25. The van der Waals surface area contributed by atoms with Crippen molar-refractivity contribution in [3.05, 3.63) is 55.6 Å². The Hall–Kier alpha value is -0.350. The molecule has 114 valence electrons. The second kappa shape index (κ2) is 8.33. The molecule has 1 aromatic heterocycles. The highest BCUT2D eigenvalue weighted by Crippen LogP contribution is 2.32. The molecule has 2 rings (SSSR count). The van der Waals surface area contributed by atoms with Crippen LogP contribution >= 0.6 is 38.9 Å². The van der Waals surface area contributed by atoms with Gasteiger partial charge in [-0.3, -0.25) is 0 Å². The highest BCUT2D eigenvalue weighted by atomic mass is 79.9. The minimum atomic E-state index is 0.396. The van der Waals surface area contributed by atoms with Gasteiger partial charge in [0.05, 0.1) is 0 Å². The molecule has 1 heterocycles. The molecular weight excluding hydrogens is 366 g/mol. The summed E-state index contributed by atoms with van der Waals surface area (Å²) >= 11 is 11.8. The number of halogens is 2. The zero-order valence-corrected chi connectivity index (χ0v) is 15.6. The Morgan fingerprint density at radius 2 is 1.95 bits per heavy atom. The fraction of sp³-hybridized carbons (Fsp3) is 0.412. The van der Waals surface area contributed by atoms with Crippen molar-refractivity contribution in [3.63, 3.8) is 0 Å². The van der Waals surface area contributed by atoms with Gasteiger partial charge in [-0.1, -0.05) is 43.6 Å². The van der Waals surface area contributed by atoms with Crippen LogP contribution in [0.5, 0.6) is 0 Å². The second-order valence-electron chi connectivity index (χ2n) is 5.67. The maximum Gasteiger partial charge on any atom is 0.0441 e. The van der Waals surface area contributed by atoms with Gasteiger partial charge in [0, 0.05) is 26.8 Å². The first-order valence-corrected chi connectivity index (χ1v) is 9.30. The van der Waals surface area contributed by atoms with Crippen molar-refractivity contribution in [2.75, 3.05) is 13.1 Å². The molecule has 0 aliphatic carbocycles. The zero-order valence-electron chi connectivity index (χ0n) is 12.4. The quantitative estimate of drug-likeness (QED) is 0.640. The molecule has 0 amide bonds. The van der Waals surface area contributed by atoms with E-state index in [0.29, 0.717) is 11.8 Å². The SMILES string of the molecule is CC(C)CNCC(Cc1sccc1Br)c1ccccc1Cl. The van der Waals surface area contributed by atoms with E-state index in [9.17, 15) is 0 Å². The normalized spacial score (nSPS) is 12.8. The number of hydrogen-bond acceptors (Lipinski definition) is 2. The maximum atomic E-state index is 6.40. The molecule has 1 N–H and O–H groups in total. The van der Waals surface area contributed by atoms with E-state index in [1.165, 1.54) is 14.9 Å². The summed E-state index contributed by atoms with van der Waals surface area (Å²) in [6.45, 7) is 6.44. The van der Waals surface area contributed by atoms with Crippen molar-refractivity contribution >= 4 is 38.9 Å². The van der Waals surface area contributed by atoms with E-state index in [0.717, 1.165) is 24.5 Å². The maximum absolute atomic E-state index is 6.40. The van der Waals surface area contributed by atoms with Gasteiger partial charge >= 0.3 is 0 Å². The monoisotopic (exact) mass is 385 g/mol. The topological polar surface area (TPSA) is 12.0 Å². The Bertz CT molecular complexity index is 567. The van der Waals surface area contributed by atoms with Crippen LogP contribution in [-0.4, -0.2) is 13.1 Å². The lowest BCUT2D eigenvalue weighted by molar-refractivity contribution is 0.515. The van der Waals surface area contributed by atoms with Gasteiger partial charge in [-0.2, -0.15) is 0 Å². The van der Waals surface area contributed by atoms with Gasteiger partial charge in [0.15, 0.2) is 0 Å². The van der Waals surface area contributed by atoms with Crippen LogP contribution < -0.4 is 5.32 Å².